The van der Waals surface area contributed by atoms with Crippen molar-refractivity contribution in [3.8, 4) is 0 Å². The second-order valence-corrected chi connectivity index (χ2v) is 7.62. The summed E-state index contributed by atoms with van der Waals surface area (Å²) in [5.41, 5.74) is 3.29. The SMILES string of the molecule is CC[C@@H](C)c1ccccc1NC(=O)CN1CCN(c2cccc(Cl)c2)CC1. The lowest BCUT2D eigenvalue weighted by atomic mass is 9.97. The Morgan fingerprint density at radius 1 is 1.11 bits per heavy atom. The fourth-order valence-electron chi connectivity index (χ4n) is 3.49. The highest BCUT2D eigenvalue weighted by molar-refractivity contribution is 6.30. The lowest BCUT2D eigenvalue weighted by molar-refractivity contribution is -0.117. The van der Waals surface area contributed by atoms with Crippen LogP contribution in [0.5, 0.6) is 0 Å². The molecule has 0 aliphatic carbocycles. The van der Waals surface area contributed by atoms with Crippen LogP contribution < -0.4 is 10.2 Å². The van der Waals surface area contributed by atoms with Crippen LogP contribution in [-0.4, -0.2) is 43.5 Å². The van der Waals surface area contributed by atoms with Crippen molar-refractivity contribution in [1.29, 1.82) is 0 Å². The Morgan fingerprint density at radius 2 is 1.85 bits per heavy atom. The van der Waals surface area contributed by atoms with Crippen LogP contribution in [0.25, 0.3) is 0 Å². The third-order valence-electron chi connectivity index (χ3n) is 5.29. The zero-order chi connectivity index (χ0) is 19.2. The fourth-order valence-corrected chi connectivity index (χ4v) is 3.67. The number of carbonyl (C=O) groups is 1. The highest BCUT2D eigenvalue weighted by Crippen LogP contribution is 2.26. The number of nitrogens with one attached hydrogen (secondary N) is 1. The number of hydrogen-bond acceptors (Lipinski definition) is 3. The molecule has 0 spiro atoms. The van der Waals surface area contributed by atoms with Crippen molar-refractivity contribution in [1.82, 2.24) is 4.90 Å². The molecule has 1 fully saturated rings. The summed E-state index contributed by atoms with van der Waals surface area (Å²) in [6.07, 6.45) is 1.05. The second kappa shape index (κ2) is 9.25. The Balaban J connectivity index is 1.53. The van der Waals surface area contributed by atoms with Crippen molar-refractivity contribution in [2.75, 3.05) is 42.9 Å². The van der Waals surface area contributed by atoms with Crippen LogP contribution >= 0.6 is 11.6 Å². The first kappa shape index (κ1) is 19.7. The van der Waals surface area contributed by atoms with Crippen LogP contribution in [0.3, 0.4) is 0 Å². The quantitative estimate of drug-likeness (QED) is 0.788. The van der Waals surface area contributed by atoms with Crippen LogP contribution in [0.4, 0.5) is 11.4 Å². The molecule has 0 bridgehead atoms. The number of halogens is 1. The number of piperazine rings is 1. The van der Waals surface area contributed by atoms with E-state index in [1.54, 1.807) is 0 Å². The zero-order valence-corrected chi connectivity index (χ0v) is 16.9. The van der Waals surface area contributed by atoms with E-state index in [4.69, 9.17) is 11.6 Å². The van der Waals surface area contributed by atoms with E-state index < -0.39 is 0 Å². The molecule has 1 aliphatic rings. The number of nitrogens with zero attached hydrogens (tertiary/aromatic N) is 2. The minimum absolute atomic E-state index is 0.0574. The molecule has 2 aromatic rings. The zero-order valence-electron chi connectivity index (χ0n) is 16.1. The van der Waals surface area contributed by atoms with Crippen LogP contribution in [0.1, 0.15) is 31.7 Å². The van der Waals surface area contributed by atoms with E-state index in [1.165, 1.54) is 5.56 Å². The van der Waals surface area contributed by atoms with Crippen LogP contribution in [0.2, 0.25) is 5.02 Å². The molecule has 0 saturated carbocycles. The first-order valence-corrected chi connectivity index (χ1v) is 10.1. The molecule has 1 atom stereocenters. The third kappa shape index (κ3) is 5.24. The van der Waals surface area contributed by atoms with Gasteiger partial charge in [-0.2, -0.15) is 0 Å². The number of anilines is 2. The van der Waals surface area contributed by atoms with Gasteiger partial charge in [0.05, 0.1) is 6.54 Å². The monoisotopic (exact) mass is 385 g/mol. The number of para-hydroxylation sites is 1. The average molecular weight is 386 g/mol. The van der Waals surface area contributed by atoms with E-state index in [2.05, 4.69) is 41.1 Å². The van der Waals surface area contributed by atoms with Gasteiger partial charge in [-0.3, -0.25) is 9.69 Å². The number of hydrogen-bond donors (Lipinski definition) is 1. The molecule has 1 heterocycles. The lowest BCUT2D eigenvalue weighted by Crippen LogP contribution is -2.48. The summed E-state index contributed by atoms with van der Waals surface area (Å²) in [7, 11) is 0. The van der Waals surface area contributed by atoms with E-state index in [0.29, 0.717) is 12.5 Å². The van der Waals surface area contributed by atoms with Gasteiger partial charge in [0.25, 0.3) is 0 Å². The topological polar surface area (TPSA) is 35.6 Å². The molecule has 0 aromatic heterocycles. The van der Waals surface area contributed by atoms with Gasteiger partial charge in [0, 0.05) is 42.6 Å². The molecular weight excluding hydrogens is 358 g/mol. The third-order valence-corrected chi connectivity index (χ3v) is 5.53. The van der Waals surface area contributed by atoms with E-state index in [1.807, 2.05) is 36.4 Å². The normalized spacial score (nSPS) is 16.2. The molecule has 4 nitrogen and oxygen atoms in total. The first-order valence-electron chi connectivity index (χ1n) is 9.68. The van der Waals surface area contributed by atoms with Crippen LogP contribution in [-0.2, 0) is 4.79 Å². The molecule has 0 unspecified atom stereocenters. The lowest BCUT2D eigenvalue weighted by Gasteiger charge is -2.35. The highest BCUT2D eigenvalue weighted by atomic mass is 35.5. The predicted molar refractivity (Wildman–Crippen MR) is 114 cm³/mol. The van der Waals surface area contributed by atoms with Gasteiger partial charge in [0.2, 0.25) is 5.91 Å². The highest BCUT2D eigenvalue weighted by Gasteiger charge is 2.20. The average Bonchev–Trinajstić information content (AvgIpc) is 2.68. The van der Waals surface area contributed by atoms with Crippen LogP contribution in [0.15, 0.2) is 48.5 Å². The fraction of sp³-hybridized carbons (Fsp3) is 0.409. The Kier molecular flexibility index (Phi) is 6.75. The largest absolute Gasteiger partial charge is 0.369 e. The maximum Gasteiger partial charge on any atom is 0.238 e. The number of carbonyl (C=O) groups excluding carboxylic acids is 1. The Bertz CT molecular complexity index is 772. The Labute approximate surface area is 167 Å². The van der Waals surface area contributed by atoms with E-state index in [9.17, 15) is 4.79 Å². The summed E-state index contributed by atoms with van der Waals surface area (Å²) >= 11 is 6.09. The van der Waals surface area contributed by atoms with E-state index in [-0.39, 0.29) is 5.91 Å². The summed E-state index contributed by atoms with van der Waals surface area (Å²) < 4.78 is 0. The second-order valence-electron chi connectivity index (χ2n) is 7.19. The summed E-state index contributed by atoms with van der Waals surface area (Å²) in [5, 5.41) is 3.87. The van der Waals surface area contributed by atoms with Crippen molar-refractivity contribution in [3.05, 3.63) is 59.1 Å². The molecule has 5 heteroatoms. The Morgan fingerprint density at radius 3 is 2.56 bits per heavy atom. The van der Waals surface area contributed by atoms with Gasteiger partial charge in [-0.05, 0) is 42.2 Å². The molecular formula is C22H28ClN3O. The van der Waals surface area contributed by atoms with Gasteiger partial charge in [-0.25, -0.2) is 0 Å². The van der Waals surface area contributed by atoms with Crippen molar-refractivity contribution in [3.63, 3.8) is 0 Å². The number of rotatable bonds is 6. The molecule has 1 aliphatic heterocycles. The molecule has 1 N–H and O–H groups in total. The van der Waals surface area contributed by atoms with E-state index >= 15 is 0 Å². The molecule has 1 saturated heterocycles. The van der Waals surface area contributed by atoms with Gasteiger partial charge < -0.3 is 10.2 Å². The molecule has 27 heavy (non-hydrogen) atoms. The van der Waals surface area contributed by atoms with Crippen molar-refractivity contribution >= 4 is 28.9 Å². The van der Waals surface area contributed by atoms with Crippen LogP contribution in [0, 0.1) is 0 Å². The van der Waals surface area contributed by atoms with Gasteiger partial charge in [-0.15, -0.1) is 0 Å². The number of benzene rings is 2. The molecule has 144 valence electrons. The van der Waals surface area contributed by atoms with Gasteiger partial charge in [0.15, 0.2) is 0 Å². The number of amides is 1. The summed E-state index contributed by atoms with van der Waals surface area (Å²) in [6.45, 7) is 8.33. The summed E-state index contributed by atoms with van der Waals surface area (Å²) in [5.74, 6) is 0.490. The smallest absolute Gasteiger partial charge is 0.238 e. The minimum Gasteiger partial charge on any atom is -0.369 e. The van der Waals surface area contributed by atoms with Gasteiger partial charge >= 0.3 is 0 Å². The molecule has 3 rings (SSSR count). The van der Waals surface area contributed by atoms with Crippen molar-refractivity contribution in [2.45, 2.75) is 26.2 Å². The molecule has 2 aromatic carbocycles. The van der Waals surface area contributed by atoms with Crippen molar-refractivity contribution in [2.24, 2.45) is 0 Å². The predicted octanol–water partition coefficient (Wildman–Crippen LogP) is 4.61. The van der Waals surface area contributed by atoms with E-state index in [0.717, 1.165) is 49.0 Å². The van der Waals surface area contributed by atoms with Gasteiger partial charge in [0.1, 0.15) is 0 Å². The summed E-state index contributed by atoms with van der Waals surface area (Å²) in [4.78, 5) is 17.1. The van der Waals surface area contributed by atoms with Crippen molar-refractivity contribution < 1.29 is 4.79 Å². The first-order chi connectivity index (χ1) is 13.1. The standard InChI is InChI=1S/C22H28ClN3O/c1-3-17(2)20-9-4-5-10-21(20)24-22(27)16-25-11-13-26(14-12-25)19-8-6-7-18(23)15-19/h4-10,15,17H,3,11-14,16H2,1-2H3,(H,24,27)/t17-/m1/s1. The van der Waals surface area contributed by atoms with Gasteiger partial charge in [-0.1, -0.05) is 49.7 Å². The maximum absolute atomic E-state index is 12.6. The maximum atomic E-state index is 12.6. The molecule has 0 radical (unpaired) electrons. The molecule has 1 amide bonds. The minimum atomic E-state index is 0.0574. The Hall–Kier alpha value is -2.04. The summed E-state index contributed by atoms with van der Waals surface area (Å²) in [6, 6.07) is 16.1.